The lowest BCUT2D eigenvalue weighted by Gasteiger charge is -2.47. The maximum absolute atomic E-state index is 14.4. The van der Waals surface area contributed by atoms with Crippen LogP contribution in [-0.4, -0.2) is 210 Å². The van der Waals surface area contributed by atoms with Gasteiger partial charge in [0.15, 0.2) is 0 Å². The molecular formula is C69H73ClFN25O8S4. The first-order valence-electron chi connectivity index (χ1n) is 34.2. The predicted octanol–water partition coefficient (Wildman–Crippen LogP) is 7.61. The molecule has 4 saturated heterocycles. The van der Waals surface area contributed by atoms with Crippen molar-refractivity contribution in [2.45, 2.75) is 89.4 Å². The quantitative estimate of drug-likeness (QED) is 0.0570. The van der Waals surface area contributed by atoms with E-state index in [1.54, 1.807) is 95.9 Å². The smallest absolute Gasteiger partial charge is 0.213 e. The third kappa shape index (κ3) is 13.7. The first kappa shape index (κ1) is 75.6. The van der Waals surface area contributed by atoms with Crippen LogP contribution in [-0.2, 0) is 62.2 Å². The SMILES string of the molecule is CCS(=O)(=O)N1CC(CC#N)(n2cc(-c3c(C)cnc4[nH]ccc34)cn2)C1.CCS(=O)(=O)N1CC(CC#N)(n2cc(-c3c(Cl)cnc4[nH]ccc34)cn2)C1.CCS(=O)(=O)N1CC(CC#N)(n2cc(-c3c(F)cnc4[nH]ccc34)cn2)C1.CCS(=O)(=O)N1CC(CC#N)(n2cc(-c3ncnc4[nH]ccc34)c(C)n2)C1. The standard InChI is InChI=1S/C18H20N6O2S.C17H17ClN6O2S.C17H17FN6O2S.C17H19N7O2S/c1-3-27(25,26)23-11-18(12-23,5-6-19)24-10-14(9-22-24)16-13(2)8-21-17-15(16)4-7-20-17;2*1-2-27(25,26)23-10-17(11-23,4-5-19)24-9-12(7-22-24)15-13-3-6-20-16(13)21-8-14(15)18;1-3-27(25,26)23-9-17(10-23,5-6-18)24-8-14(12(2)22-24)15-13-4-7-19-16(13)21-11-20-15/h4,7-10H,3,5,11-12H2,1-2H3,(H,20,21);2*3,6-9H,2,4,10-11H2,1H3,(H,20,21);4,7-8,11H,3,5,9-10H2,1-2H3,(H,19,20,21). The monoisotopic (exact) mass is 1560 g/mol. The minimum absolute atomic E-state index is 0.00763. The number of sulfonamides is 4. The number of rotatable bonds is 20. The molecular weight excluding hydrogens is 1490 g/mol. The molecule has 39 heteroatoms. The summed E-state index contributed by atoms with van der Waals surface area (Å²) in [6, 6.07) is 16.2. The minimum atomic E-state index is -3.32. The lowest BCUT2D eigenvalue weighted by atomic mass is 9.89. The highest BCUT2D eigenvalue weighted by molar-refractivity contribution is 7.89. The van der Waals surface area contributed by atoms with Gasteiger partial charge in [0.05, 0.1) is 114 Å². The summed E-state index contributed by atoms with van der Waals surface area (Å²) in [6.07, 6.45) is 26.1. The van der Waals surface area contributed by atoms with Gasteiger partial charge in [0.1, 0.15) is 56.9 Å². The van der Waals surface area contributed by atoms with E-state index in [0.717, 1.165) is 84.1 Å². The summed E-state index contributed by atoms with van der Waals surface area (Å²) >= 11 is 6.38. The van der Waals surface area contributed by atoms with Crippen molar-refractivity contribution >= 4 is 95.8 Å². The average Bonchev–Trinajstić information content (AvgIpc) is 1.21. The van der Waals surface area contributed by atoms with Crippen molar-refractivity contribution in [2.75, 3.05) is 75.4 Å². The van der Waals surface area contributed by atoms with Gasteiger partial charge in [-0.25, -0.2) is 63.0 Å². The number of aromatic nitrogens is 17. The van der Waals surface area contributed by atoms with Crippen molar-refractivity contribution in [3.8, 4) is 68.9 Å². The maximum atomic E-state index is 14.4. The second-order valence-corrected chi connectivity index (χ2v) is 36.4. The number of pyridine rings is 3. The number of hydrogen-bond acceptors (Lipinski definition) is 21. The van der Waals surface area contributed by atoms with Gasteiger partial charge in [-0.15, -0.1) is 0 Å². The molecule has 0 saturated carbocycles. The second-order valence-electron chi connectivity index (χ2n) is 27.0. The number of hydrogen-bond donors (Lipinski definition) is 4. The number of H-pyrrole nitrogens is 4. The Hall–Kier alpha value is -10.7. The summed E-state index contributed by atoms with van der Waals surface area (Å²) in [4.78, 5) is 33.4. The molecule has 0 bridgehead atoms. The third-order valence-corrected chi connectivity index (χ3v) is 27.7. The zero-order valence-corrected chi connectivity index (χ0v) is 63.4. The zero-order valence-electron chi connectivity index (χ0n) is 59.3. The van der Waals surface area contributed by atoms with Gasteiger partial charge in [0.2, 0.25) is 40.1 Å². The summed E-state index contributed by atoms with van der Waals surface area (Å²) in [5.41, 5.74) is 8.04. The van der Waals surface area contributed by atoms with Crippen LogP contribution in [0.5, 0.6) is 0 Å². The Morgan fingerprint density at radius 2 is 0.787 bits per heavy atom. The predicted molar refractivity (Wildman–Crippen MR) is 398 cm³/mol. The second kappa shape index (κ2) is 29.2. The van der Waals surface area contributed by atoms with Gasteiger partial charge in [-0.3, -0.25) is 18.7 Å². The van der Waals surface area contributed by atoms with Crippen molar-refractivity contribution in [2.24, 2.45) is 0 Å². The van der Waals surface area contributed by atoms with E-state index in [-0.39, 0.29) is 101 Å². The van der Waals surface area contributed by atoms with E-state index in [1.807, 2.05) is 63.0 Å². The molecule has 0 atom stereocenters. The van der Waals surface area contributed by atoms with Crippen LogP contribution in [0, 0.1) is 65.0 Å². The van der Waals surface area contributed by atoms with Crippen molar-refractivity contribution in [1.82, 2.24) is 101 Å². The van der Waals surface area contributed by atoms with Crippen LogP contribution in [0.15, 0.2) is 117 Å². The highest BCUT2D eigenvalue weighted by Crippen LogP contribution is 2.43. The number of nitrogens with one attached hydrogen (secondary N) is 4. The molecule has 4 fully saturated rings. The Morgan fingerprint density at radius 3 is 1.19 bits per heavy atom. The number of nitriles is 4. The van der Waals surface area contributed by atoms with Crippen LogP contribution in [0.3, 0.4) is 0 Å². The van der Waals surface area contributed by atoms with Gasteiger partial charge < -0.3 is 19.9 Å². The number of halogens is 2. The van der Waals surface area contributed by atoms with E-state index in [1.165, 1.54) is 29.7 Å². The van der Waals surface area contributed by atoms with Crippen LogP contribution < -0.4 is 0 Å². The Kier molecular flexibility index (Phi) is 20.4. The molecule has 0 aromatic carbocycles. The number of nitrogens with zero attached hydrogens (tertiary/aromatic N) is 21. The number of aryl methyl sites for hydroxylation is 2. The van der Waals surface area contributed by atoms with Crippen molar-refractivity contribution in [3.63, 3.8) is 0 Å². The van der Waals surface area contributed by atoms with Crippen molar-refractivity contribution in [3.05, 3.63) is 139 Å². The van der Waals surface area contributed by atoms with Crippen LogP contribution in [0.25, 0.3) is 88.8 Å². The molecule has 12 aromatic heterocycles. The van der Waals surface area contributed by atoms with E-state index in [4.69, 9.17) is 11.6 Å². The Balaban J connectivity index is 0.000000127. The summed E-state index contributed by atoms with van der Waals surface area (Å²) in [7, 11) is -13.1. The largest absolute Gasteiger partial charge is 0.346 e. The van der Waals surface area contributed by atoms with Gasteiger partial charge in [-0.05, 0) is 71.4 Å². The van der Waals surface area contributed by atoms with E-state index in [2.05, 4.69) is 89.5 Å². The summed E-state index contributed by atoms with van der Waals surface area (Å²) in [5.74, 6) is -0.321. The molecule has 16 heterocycles. The molecule has 0 aliphatic carbocycles. The van der Waals surface area contributed by atoms with E-state index >= 15 is 0 Å². The molecule has 0 amide bonds. The molecule has 4 N–H and O–H groups in total. The molecule has 4 aliphatic rings. The molecule has 108 heavy (non-hydrogen) atoms. The molecule has 0 radical (unpaired) electrons. The fraction of sp³-hybridized carbons (Fsp3) is 0.377. The van der Waals surface area contributed by atoms with E-state index in [0.29, 0.717) is 27.2 Å². The highest BCUT2D eigenvalue weighted by atomic mass is 35.5. The lowest BCUT2D eigenvalue weighted by Crippen LogP contribution is -2.64. The van der Waals surface area contributed by atoms with Crippen LogP contribution in [0.2, 0.25) is 5.02 Å². The molecule has 0 unspecified atom stereocenters. The van der Waals surface area contributed by atoms with Gasteiger partial charge >= 0.3 is 0 Å². The highest BCUT2D eigenvalue weighted by Gasteiger charge is 2.53. The normalized spacial score (nSPS) is 16.9. The van der Waals surface area contributed by atoms with Gasteiger partial charge in [-0.2, -0.15) is 58.7 Å². The lowest BCUT2D eigenvalue weighted by molar-refractivity contribution is 0.0716. The van der Waals surface area contributed by atoms with Crippen LogP contribution >= 0.6 is 11.6 Å². The molecule has 16 rings (SSSR count). The van der Waals surface area contributed by atoms with Gasteiger partial charge in [0, 0.05) is 175 Å². The van der Waals surface area contributed by atoms with Crippen LogP contribution in [0.1, 0.15) is 64.6 Å². The maximum Gasteiger partial charge on any atom is 0.213 e. The van der Waals surface area contributed by atoms with Crippen LogP contribution in [0.4, 0.5) is 4.39 Å². The minimum Gasteiger partial charge on any atom is -0.346 e. The summed E-state index contributed by atoms with van der Waals surface area (Å²) in [6.45, 7) is 12.2. The number of fused-ring (bicyclic) bond motifs is 4. The molecule has 12 aromatic rings. The fourth-order valence-electron chi connectivity index (χ4n) is 14.1. The van der Waals surface area contributed by atoms with Gasteiger partial charge in [0.25, 0.3) is 0 Å². The fourth-order valence-corrected chi connectivity index (χ4v) is 19.3. The average molecular weight is 1560 g/mol. The summed E-state index contributed by atoms with van der Waals surface area (Å²) in [5, 5.41) is 58.8. The summed E-state index contributed by atoms with van der Waals surface area (Å²) < 4.78 is 123. The first-order valence-corrected chi connectivity index (χ1v) is 41.0. The molecule has 33 nitrogen and oxygen atoms in total. The number of aromatic amines is 4. The molecule has 560 valence electrons. The van der Waals surface area contributed by atoms with Gasteiger partial charge in [-0.1, -0.05) is 11.6 Å². The van der Waals surface area contributed by atoms with E-state index < -0.39 is 68.1 Å². The first-order chi connectivity index (χ1) is 51.6. The Labute approximate surface area is 625 Å². The Morgan fingerprint density at radius 1 is 0.444 bits per heavy atom. The van der Waals surface area contributed by atoms with Crippen molar-refractivity contribution in [1.29, 1.82) is 21.0 Å². The molecule has 0 spiro atoms. The van der Waals surface area contributed by atoms with Crippen molar-refractivity contribution < 1.29 is 38.1 Å². The Bertz CT molecular complexity index is 5650. The third-order valence-electron chi connectivity index (χ3n) is 20.4. The van der Waals surface area contributed by atoms with E-state index in [9.17, 15) is 59.1 Å². The topological polar surface area (TPSA) is 444 Å². The zero-order chi connectivity index (χ0) is 76.9. The molecule has 4 aliphatic heterocycles.